The molecule has 0 aliphatic heterocycles. The molecule has 0 spiro atoms. The first kappa shape index (κ1) is 19.7. The Hall–Kier alpha value is -3.65. The molecule has 0 saturated heterocycles. The van der Waals surface area contributed by atoms with Gasteiger partial charge >= 0.3 is 0 Å². The molecule has 2 aromatic heterocycles. The molecule has 4 aromatic rings. The third-order valence-corrected chi connectivity index (χ3v) is 4.93. The average Bonchev–Trinajstić information content (AvgIpc) is 3.19. The van der Waals surface area contributed by atoms with E-state index in [0.29, 0.717) is 27.7 Å². The minimum atomic E-state index is -0.825. The summed E-state index contributed by atoms with van der Waals surface area (Å²) >= 11 is 5.94. The van der Waals surface area contributed by atoms with Crippen LogP contribution in [0.5, 0.6) is 5.75 Å². The highest BCUT2D eigenvalue weighted by atomic mass is 35.5. The van der Waals surface area contributed by atoms with Crippen LogP contribution in [-0.2, 0) is 4.79 Å². The van der Waals surface area contributed by atoms with Gasteiger partial charge in [-0.2, -0.15) is 0 Å². The zero-order valence-electron chi connectivity index (χ0n) is 16.1. The van der Waals surface area contributed by atoms with Crippen LogP contribution in [0.1, 0.15) is 13.0 Å². The van der Waals surface area contributed by atoms with E-state index >= 15 is 0 Å². The second-order valence-corrected chi connectivity index (χ2v) is 7.01. The standard InChI is InChI=1S/C21H17ClN4O4/c1-12(19(27)24-15-4-3-5-16(10-15)29-2)26-11-23-20-17(21(26)28)18(25-30-20)13-6-8-14(22)9-7-13/h3-12H,1-2H3,(H,24,27)/t12-/m1/s1. The van der Waals surface area contributed by atoms with Gasteiger partial charge in [-0.3, -0.25) is 14.2 Å². The molecule has 1 N–H and O–H groups in total. The number of rotatable bonds is 5. The van der Waals surface area contributed by atoms with E-state index in [4.69, 9.17) is 20.9 Å². The summed E-state index contributed by atoms with van der Waals surface area (Å²) in [4.78, 5) is 30.0. The number of fused-ring (bicyclic) bond motifs is 1. The lowest BCUT2D eigenvalue weighted by Gasteiger charge is -2.15. The number of ether oxygens (including phenoxy) is 1. The Morgan fingerprint density at radius 2 is 2.00 bits per heavy atom. The van der Waals surface area contributed by atoms with E-state index in [9.17, 15) is 9.59 Å². The Balaban J connectivity index is 1.69. The van der Waals surface area contributed by atoms with Crippen LogP contribution in [0.25, 0.3) is 22.4 Å². The van der Waals surface area contributed by atoms with Gasteiger partial charge in [0.2, 0.25) is 5.91 Å². The van der Waals surface area contributed by atoms with Gasteiger partial charge in [-0.25, -0.2) is 4.98 Å². The van der Waals surface area contributed by atoms with Crippen molar-refractivity contribution in [2.45, 2.75) is 13.0 Å². The molecule has 2 aromatic carbocycles. The van der Waals surface area contributed by atoms with Gasteiger partial charge in [-0.15, -0.1) is 0 Å². The molecule has 0 saturated carbocycles. The number of hydrogen-bond acceptors (Lipinski definition) is 6. The van der Waals surface area contributed by atoms with Gasteiger partial charge in [0.15, 0.2) is 0 Å². The molecule has 8 nitrogen and oxygen atoms in total. The van der Waals surface area contributed by atoms with Crippen molar-refractivity contribution in [2.24, 2.45) is 0 Å². The lowest BCUT2D eigenvalue weighted by Crippen LogP contribution is -2.31. The van der Waals surface area contributed by atoms with Gasteiger partial charge in [-0.05, 0) is 31.2 Å². The average molecular weight is 425 g/mol. The normalized spacial score (nSPS) is 12.0. The number of nitrogens with one attached hydrogen (secondary N) is 1. The summed E-state index contributed by atoms with van der Waals surface area (Å²) in [6, 6.07) is 13.0. The highest BCUT2D eigenvalue weighted by Crippen LogP contribution is 2.26. The van der Waals surface area contributed by atoms with Crippen molar-refractivity contribution in [3.05, 3.63) is 70.2 Å². The van der Waals surface area contributed by atoms with Crippen LogP contribution in [0.2, 0.25) is 5.02 Å². The Bertz CT molecular complexity index is 1280. The van der Waals surface area contributed by atoms with Crippen LogP contribution in [0.15, 0.2) is 64.2 Å². The van der Waals surface area contributed by atoms with Gasteiger partial charge in [0.05, 0.1) is 7.11 Å². The predicted octanol–water partition coefficient (Wildman–Crippen LogP) is 3.91. The van der Waals surface area contributed by atoms with Crippen molar-refractivity contribution >= 4 is 34.3 Å². The molecule has 0 aliphatic carbocycles. The van der Waals surface area contributed by atoms with Gasteiger partial charge in [0, 0.05) is 22.3 Å². The second kappa shape index (κ2) is 8.00. The van der Waals surface area contributed by atoms with Crippen molar-refractivity contribution in [1.82, 2.24) is 14.7 Å². The maximum atomic E-state index is 13.1. The van der Waals surface area contributed by atoms with Crippen molar-refractivity contribution in [2.75, 3.05) is 12.4 Å². The van der Waals surface area contributed by atoms with Crippen molar-refractivity contribution in [3.63, 3.8) is 0 Å². The van der Waals surface area contributed by atoms with Gasteiger partial charge in [0.25, 0.3) is 11.3 Å². The maximum Gasteiger partial charge on any atom is 0.267 e. The Labute approximate surface area is 176 Å². The van der Waals surface area contributed by atoms with Crippen LogP contribution in [0, 0.1) is 0 Å². The zero-order chi connectivity index (χ0) is 21.3. The maximum absolute atomic E-state index is 13.1. The molecular formula is C21H17ClN4O4. The summed E-state index contributed by atoms with van der Waals surface area (Å²) in [5.41, 5.74) is 1.22. The summed E-state index contributed by atoms with van der Waals surface area (Å²) < 4.78 is 11.6. The van der Waals surface area contributed by atoms with Gasteiger partial charge < -0.3 is 14.6 Å². The Morgan fingerprint density at radius 3 is 2.73 bits per heavy atom. The molecule has 0 fully saturated rings. The lowest BCUT2D eigenvalue weighted by molar-refractivity contribution is -0.118. The number of carbonyl (C=O) groups is 1. The third kappa shape index (κ3) is 3.65. The van der Waals surface area contributed by atoms with Crippen molar-refractivity contribution < 1.29 is 14.1 Å². The zero-order valence-corrected chi connectivity index (χ0v) is 16.9. The first-order valence-corrected chi connectivity index (χ1v) is 9.43. The first-order chi connectivity index (χ1) is 14.5. The molecule has 0 bridgehead atoms. The predicted molar refractivity (Wildman–Crippen MR) is 113 cm³/mol. The van der Waals surface area contributed by atoms with E-state index in [2.05, 4.69) is 15.5 Å². The fourth-order valence-corrected chi connectivity index (χ4v) is 3.14. The fraction of sp³-hybridized carbons (Fsp3) is 0.143. The number of aromatic nitrogens is 3. The van der Waals surface area contributed by atoms with Crippen molar-refractivity contribution in [1.29, 1.82) is 0 Å². The minimum Gasteiger partial charge on any atom is -0.497 e. The molecule has 4 rings (SSSR count). The van der Waals surface area contributed by atoms with E-state index in [-0.39, 0.29) is 17.0 Å². The summed E-state index contributed by atoms with van der Waals surface area (Å²) in [6.45, 7) is 1.61. The van der Waals surface area contributed by atoms with Gasteiger partial charge in [0.1, 0.15) is 29.2 Å². The summed E-state index contributed by atoms with van der Waals surface area (Å²) in [5.74, 6) is 0.230. The lowest BCUT2D eigenvalue weighted by atomic mass is 10.1. The highest BCUT2D eigenvalue weighted by molar-refractivity contribution is 6.30. The Morgan fingerprint density at radius 1 is 1.23 bits per heavy atom. The molecule has 9 heteroatoms. The molecular weight excluding hydrogens is 408 g/mol. The number of amides is 1. The third-order valence-electron chi connectivity index (χ3n) is 4.67. The van der Waals surface area contributed by atoms with Crippen LogP contribution in [0.4, 0.5) is 5.69 Å². The quantitative estimate of drug-likeness (QED) is 0.521. The number of hydrogen-bond donors (Lipinski definition) is 1. The van der Waals surface area contributed by atoms with Crippen LogP contribution < -0.4 is 15.6 Å². The number of carbonyl (C=O) groups excluding carboxylic acids is 1. The summed E-state index contributed by atoms with van der Waals surface area (Å²) in [5, 5.41) is 7.51. The van der Waals surface area contributed by atoms with E-state index < -0.39 is 11.6 Å². The fourth-order valence-electron chi connectivity index (χ4n) is 3.01. The molecule has 0 radical (unpaired) electrons. The van der Waals surface area contributed by atoms with E-state index in [1.54, 1.807) is 62.6 Å². The second-order valence-electron chi connectivity index (χ2n) is 6.57. The SMILES string of the molecule is COc1cccc(NC(=O)[C@@H](C)n2cnc3onc(-c4ccc(Cl)cc4)c3c2=O)c1. The Kier molecular flexibility index (Phi) is 5.24. The van der Waals surface area contributed by atoms with Crippen LogP contribution in [-0.4, -0.2) is 27.7 Å². The number of halogens is 1. The number of benzene rings is 2. The number of methoxy groups -OCH3 is 1. The van der Waals surface area contributed by atoms with Crippen LogP contribution in [0.3, 0.4) is 0 Å². The van der Waals surface area contributed by atoms with E-state index in [1.165, 1.54) is 10.9 Å². The molecule has 2 heterocycles. The minimum absolute atomic E-state index is 0.0987. The highest BCUT2D eigenvalue weighted by Gasteiger charge is 2.22. The summed E-state index contributed by atoms with van der Waals surface area (Å²) in [6.07, 6.45) is 1.28. The molecule has 0 aliphatic rings. The first-order valence-electron chi connectivity index (χ1n) is 9.05. The number of anilines is 1. The molecule has 152 valence electrons. The van der Waals surface area contributed by atoms with E-state index in [1.807, 2.05) is 0 Å². The smallest absolute Gasteiger partial charge is 0.267 e. The largest absolute Gasteiger partial charge is 0.497 e. The molecule has 1 amide bonds. The van der Waals surface area contributed by atoms with Gasteiger partial charge in [-0.1, -0.05) is 35.0 Å². The van der Waals surface area contributed by atoms with Crippen molar-refractivity contribution in [3.8, 4) is 17.0 Å². The van der Waals surface area contributed by atoms with E-state index in [0.717, 1.165) is 0 Å². The van der Waals surface area contributed by atoms with Crippen LogP contribution >= 0.6 is 11.6 Å². The molecule has 0 unspecified atom stereocenters. The molecule has 1 atom stereocenters. The number of nitrogens with zero attached hydrogens (tertiary/aromatic N) is 3. The molecule has 30 heavy (non-hydrogen) atoms. The monoisotopic (exact) mass is 424 g/mol. The summed E-state index contributed by atoms with van der Waals surface area (Å²) in [7, 11) is 1.54. The topological polar surface area (TPSA) is 99.2 Å².